The molecule has 5 nitrogen and oxygen atoms in total. The molecule has 0 radical (unpaired) electrons. The first kappa shape index (κ1) is 17.7. The maximum atomic E-state index is 12.3. The minimum Gasteiger partial charge on any atom is -0.339 e. The van der Waals surface area contributed by atoms with E-state index in [-0.39, 0.29) is 11.8 Å². The van der Waals surface area contributed by atoms with Crippen molar-refractivity contribution in [3.8, 4) is 0 Å². The summed E-state index contributed by atoms with van der Waals surface area (Å²) in [5.41, 5.74) is 8.36. The van der Waals surface area contributed by atoms with Gasteiger partial charge in [0, 0.05) is 36.4 Å². The van der Waals surface area contributed by atoms with Crippen molar-refractivity contribution in [1.82, 2.24) is 4.90 Å². The molecule has 0 saturated carbocycles. The highest BCUT2D eigenvalue weighted by molar-refractivity contribution is 6.04. The Morgan fingerprint density at radius 3 is 1.96 bits per heavy atom. The number of nitrogens with zero attached hydrogens (tertiary/aromatic N) is 1. The zero-order valence-corrected chi connectivity index (χ0v) is 14.1. The predicted molar refractivity (Wildman–Crippen MR) is 96.0 cm³/mol. The first-order chi connectivity index (χ1) is 11.6. The standard InChI is InChI=1S/C19H23N3O2/c1-3-22(4-2)19(24)16-9-11-17(12-10-16)21-18(23)15-7-5-14(13-20)6-8-15/h5-12H,3-4,13,20H2,1-2H3,(H,21,23). The number of nitrogens with two attached hydrogens (primary N) is 1. The van der Waals surface area contributed by atoms with Crippen LogP contribution < -0.4 is 11.1 Å². The summed E-state index contributed by atoms with van der Waals surface area (Å²) in [5, 5.41) is 2.82. The molecule has 0 aliphatic heterocycles. The van der Waals surface area contributed by atoms with Crippen molar-refractivity contribution in [2.45, 2.75) is 20.4 Å². The summed E-state index contributed by atoms with van der Waals surface area (Å²) in [6.07, 6.45) is 0. The van der Waals surface area contributed by atoms with Crippen LogP contribution in [-0.4, -0.2) is 29.8 Å². The Morgan fingerprint density at radius 1 is 0.917 bits per heavy atom. The summed E-state index contributed by atoms with van der Waals surface area (Å²) in [5.74, 6) is -0.198. The van der Waals surface area contributed by atoms with E-state index >= 15 is 0 Å². The van der Waals surface area contributed by atoms with E-state index < -0.39 is 0 Å². The summed E-state index contributed by atoms with van der Waals surface area (Å²) in [6, 6.07) is 14.1. The number of benzene rings is 2. The molecule has 5 heteroatoms. The average Bonchev–Trinajstić information content (AvgIpc) is 2.63. The number of carbonyl (C=O) groups excluding carboxylic acids is 2. The fraction of sp³-hybridized carbons (Fsp3) is 0.263. The molecule has 3 N–H and O–H groups in total. The number of anilines is 1. The van der Waals surface area contributed by atoms with E-state index in [1.165, 1.54) is 0 Å². The van der Waals surface area contributed by atoms with Crippen LogP contribution in [0.25, 0.3) is 0 Å². The fourth-order valence-electron chi connectivity index (χ4n) is 2.38. The molecule has 0 spiro atoms. The van der Waals surface area contributed by atoms with E-state index in [1.54, 1.807) is 41.3 Å². The van der Waals surface area contributed by atoms with Gasteiger partial charge in [-0.1, -0.05) is 12.1 Å². The lowest BCUT2D eigenvalue weighted by Gasteiger charge is -2.18. The van der Waals surface area contributed by atoms with Crippen molar-refractivity contribution in [2.75, 3.05) is 18.4 Å². The van der Waals surface area contributed by atoms with Gasteiger partial charge in [-0.3, -0.25) is 9.59 Å². The van der Waals surface area contributed by atoms with Crippen LogP contribution in [0.2, 0.25) is 0 Å². The molecule has 2 amide bonds. The molecule has 0 saturated heterocycles. The normalized spacial score (nSPS) is 10.3. The van der Waals surface area contributed by atoms with Crippen molar-refractivity contribution in [3.63, 3.8) is 0 Å². The molecular weight excluding hydrogens is 302 g/mol. The van der Waals surface area contributed by atoms with Crippen LogP contribution in [0, 0.1) is 0 Å². The number of hydrogen-bond acceptors (Lipinski definition) is 3. The van der Waals surface area contributed by atoms with Crippen molar-refractivity contribution in [3.05, 3.63) is 65.2 Å². The Labute approximate surface area is 142 Å². The fourth-order valence-corrected chi connectivity index (χ4v) is 2.38. The zero-order chi connectivity index (χ0) is 17.5. The second-order valence-corrected chi connectivity index (χ2v) is 5.41. The van der Waals surface area contributed by atoms with Crippen LogP contribution in [-0.2, 0) is 6.54 Å². The smallest absolute Gasteiger partial charge is 0.255 e. The lowest BCUT2D eigenvalue weighted by atomic mass is 10.1. The molecule has 0 fully saturated rings. The number of amides is 2. The third-order valence-corrected chi connectivity index (χ3v) is 3.89. The third-order valence-electron chi connectivity index (χ3n) is 3.89. The first-order valence-corrected chi connectivity index (χ1v) is 8.08. The lowest BCUT2D eigenvalue weighted by molar-refractivity contribution is 0.0773. The van der Waals surface area contributed by atoms with Gasteiger partial charge in [-0.2, -0.15) is 0 Å². The highest BCUT2D eigenvalue weighted by atomic mass is 16.2. The Hall–Kier alpha value is -2.66. The van der Waals surface area contributed by atoms with Crippen molar-refractivity contribution < 1.29 is 9.59 Å². The number of carbonyl (C=O) groups is 2. The second-order valence-electron chi connectivity index (χ2n) is 5.41. The van der Waals surface area contributed by atoms with Crippen molar-refractivity contribution >= 4 is 17.5 Å². The molecule has 0 aliphatic rings. The molecule has 126 valence electrons. The van der Waals surface area contributed by atoms with E-state index in [1.807, 2.05) is 26.0 Å². The maximum absolute atomic E-state index is 12.3. The highest BCUT2D eigenvalue weighted by Gasteiger charge is 2.12. The molecule has 2 aromatic carbocycles. The van der Waals surface area contributed by atoms with Crippen LogP contribution in [0.5, 0.6) is 0 Å². The monoisotopic (exact) mass is 325 g/mol. The van der Waals surface area contributed by atoms with Gasteiger partial charge in [0.1, 0.15) is 0 Å². The quantitative estimate of drug-likeness (QED) is 0.857. The summed E-state index contributed by atoms with van der Waals surface area (Å²) in [4.78, 5) is 26.2. The lowest BCUT2D eigenvalue weighted by Crippen LogP contribution is -2.30. The number of rotatable bonds is 6. The van der Waals surface area contributed by atoms with Gasteiger partial charge >= 0.3 is 0 Å². The Bertz CT molecular complexity index is 690. The molecule has 0 heterocycles. The van der Waals surface area contributed by atoms with Crippen LogP contribution in [0.4, 0.5) is 5.69 Å². The first-order valence-electron chi connectivity index (χ1n) is 8.08. The van der Waals surface area contributed by atoms with Crippen LogP contribution in [0.15, 0.2) is 48.5 Å². The molecule has 0 aromatic heterocycles. The van der Waals surface area contributed by atoms with Gasteiger partial charge in [0.15, 0.2) is 0 Å². The number of nitrogens with one attached hydrogen (secondary N) is 1. The van der Waals surface area contributed by atoms with Crippen molar-refractivity contribution in [2.24, 2.45) is 5.73 Å². The molecule has 2 rings (SSSR count). The van der Waals surface area contributed by atoms with Gasteiger partial charge in [0.25, 0.3) is 11.8 Å². The molecule has 2 aromatic rings. The van der Waals surface area contributed by atoms with Gasteiger partial charge < -0.3 is 16.0 Å². The molecule has 0 unspecified atom stereocenters. The summed E-state index contributed by atoms with van der Waals surface area (Å²) < 4.78 is 0. The Balaban J connectivity index is 2.05. The molecule has 24 heavy (non-hydrogen) atoms. The Morgan fingerprint density at radius 2 is 1.46 bits per heavy atom. The van der Waals surface area contributed by atoms with Gasteiger partial charge in [-0.15, -0.1) is 0 Å². The summed E-state index contributed by atoms with van der Waals surface area (Å²) >= 11 is 0. The molecule has 0 aliphatic carbocycles. The maximum Gasteiger partial charge on any atom is 0.255 e. The van der Waals surface area contributed by atoms with E-state index in [0.29, 0.717) is 36.4 Å². The van der Waals surface area contributed by atoms with E-state index in [0.717, 1.165) is 5.56 Å². The van der Waals surface area contributed by atoms with Gasteiger partial charge in [0.05, 0.1) is 0 Å². The zero-order valence-electron chi connectivity index (χ0n) is 14.1. The van der Waals surface area contributed by atoms with Crippen LogP contribution >= 0.6 is 0 Å². The summed E-state index contributed by atoms with van der Waals surface area (Å²) in [6.45, 7) is 5.70. The predicted octanol–water partition coefficient (Wildman–Crippen LogP) is 2.88. The number of hydrogen-bond donors (Lipinski definition) is 2. The van der Waals surface area contributed by atoms with Gasteiger partial charge in [-0.05, 0) is 55.8 Å². The average molecular weight is 325 g/mol. The highest BCUT2D eigenvalue weighted by Crippen LogP contribution is 2.13. The van der Waals surface area contributed by atoms with Crippen LogP contribution in [0.3, 0.4) is 0 Å². The topological polar surface area (TPSA) is 75.4 Å². The van der Waals surface area contributed by atoms with E-state index in [9.17, 15) is 9.59 Å². The SMILES string of the molecule is CCN(CC)C(=O)c1ccc(NC(=O)c2ccc(CN)cc2)cc1. The third kappa shape index (κ3) is 4.20. The molecule has 0 atom stereocenters. The van der Waals surface area contributed by atoms with Crippen molar-refractivity contribution in [1.29, 1.82) is 0 Å². The Kier molecular flexibility index (Phi) is 6.09. The second kappa shape index (κ2) is 8.26. The summed E-state index contributed by atoms with van der Waals surface area (Å²) in [7, 11) is 0. The van der Waals surface area contributed by atoms with E-state index in [2.05, 4.69) is 5.32 Å². The minimum absolute atomic E-state index is 0.00440. The largest absolute Gasteiger partial charge is 0.339 e. The minimum atomic E-state index is -0.193. The van der Waals surface area contributed by atoms with Gasteiger partial charge in [-0.25, -0.2) is 0 Å². The molecular formula is C19H23N3O2. The van der Waals surface area contributed by atoms with E-state index in [4.69, 9.17) is 5.73 Å². The van der Waals surface area contributed by atoms with Gasteiger partial charge in [0.2, 0.25) is 0 Å². The molecule has 0 bridgehead atoms. The van der Waals surface area contributed by atoms with Crippen LogP contribution in [0.1, 0.15) is 40.1 Å².